The molecular weight excluding hydrogens is 250 g/mol. The summed E-state index contributed by atoms with van der Waals surface area (Å²) in [6.45, 7) is 0. The van der Waals surface area contributed by atoms with E-state index < -0.39 is 0 Å². The van der Waals surface area contributed by atoms with E-state index in [2.05, 4.69) is 15.5 Å². The average molecular weight is 260 g/mol. The van der Waals surface area contributed by atoms with Crippen molar-refractivity contribution in [3.8, 4) is 0 Å². The van der Waals surface area contributed by atoms with Crippen LogP contribution in [-0.2, 0) is 0 Å². The van der Waals surface area contributed by atoms with Gasteiger partial charge < -0.3 is 0 Å². The van der Waals surface area contributed by atoms with Gasteiger partial charge in [0.1, 0.15) is 0 Å². The van der Waals surface area contributed by atoms with Gasteiger partial charge in [-0.15, -0.1) is 0 Å². The third-order valence-electron chi connectivity index (χ3n) is 2.20. The van der Waals surface area contributed by atoms with Crippen molar-refractivity contribution >= 4 is 23.7 Å². The molecule has 18 heavy (non-hydrogen) atoms. The van der Waals surface area contributed by atoms with E-state index >= 15 is 0 Å². The summed E-state index contributed by atoms with van der Waals surface area (Å²) < 4.78 is 0. The number of carbonyl (C=O) groups excluding carboxylic acids is 1. The fourth-order valence-electron chi connectivity index (χ4n) is 1.30. The zero-order valence-corrected chi connectivity index (χ0v) is 10.1. The lowest BCUT2D eigenvalue weighted by Crippen LogP contribution is -2.17. The second-order valence-electron chi connectivity index (χ2n) is 3.46. The van der Waals surface area contributed by atoms with Gasteiger partial charge in [-0.1, -0.05) is 29.8 Å². The van der Waals surface area contributed by atoms with E-state index in [-0.39, 0.29) is 5.91 Å². The maximum Gasteiger partial charge on any atom is 0.272 e. The Kier molecular flexibility index (Phi) is 4.04. The average Bonchev–Trinajstić information content (AvgIpc) is 2.42. The third kappa shape index (κ3) is 3.15. The number of hydrogen-bond donors (Lipinski definition) is 1. The molecule has 1 N–H and O–H groups in total. The van der Waals surface area contributed by atoms with Gasteiger partial charge in [0.05, 0.1) is 11.8 Å². The van der Waals surface area contributed by atoms with Gasteiger partial charge in [0.25, 0.3) is 5.91 Å². The molecule has 0 unspecified atom stereocenters. The zero-order chi connectivity index (χ0) is 12.8. The topological polar surface area (TPSA) is 54.4 Å². The van der Waals surface area contributed by atoms with Crippen LogP contribution in [0.5, 0.6) is 0 Å². The molecule has 0 aliphatic carbocycles. The Balaban J connectivity index is 2.00. The summed E-state index contributed by atoms with van der Waals surface area (Å²) in [4.78, 5) is 15.5. The van der Waals surface area contributed by atoms with Crippen molar-refractivity contribution in [2.45, 2.75) is 0 Å². The van der Waals surface area contributed by atoms with Gasteiger partial charge in [0.15, 0.2) is 0 Å². The Labute approximate surface area is 109 Å². The number of aromatic nitrogens is 1. The lowest BCUT2D eigenvalue weighted by Gasteiger charge is -1.99. The van der Waals surface area contributed by atoms with Crippen LogP contribution in [0.4, 0.5) is 0 Å². The fourth-order valence-corrected chi connectivity index (χ4v) is 1.49. The standard InChI is InChI=1S/C13H10ClN3O/c14-12-6-2-1-4-10(12)9-16-17-13(18)11-5-3-7-15-8-11/h1-9H,(H,17,18)/b16-9+. The Hall–Kier alpha value is -2.20. The van der Waals surface area contributed by atoms with Crippen molar-refractivity contribution in [1.82, 2.24) is 10.4 Å². The Morgan fingerprint density at radius 1 is 1.28 bits per heavy atom. The molecular formula is C13H10ClN3O. The molecule has 0 spiro atoms. The molecule has 2 aromatic rings. The van der Waals surface area contributed by atoms with E-state index in [9.17, 15) is 4.79 Å². The van der Waals surface area contributed by atoms with Crippen molar-refractivity contribution in [2.24, 2.45) is 5.10 Å². The first-order valence-corrected chi connectivity index (χ1v) is 5.63. The van der Waals surface area contributed by atoms with Gasteiger partial charge in [0, 0.05) is 23.0 Å². The smallest absolute Gasteiger partial charge is 0.267 e. The second-order valence-corrected chi connectivity index (χ2v) is 3.87. The molecule has 1 aromatic heterocycles. The van der Waals surface area contributed by atoms with Crippen LogP contribution < -0.4 is 5.43 Å². The van der Waals surface area contributed by atoms with Gasteiger partial charge in [-0.05, 0) is 18.2 Å². The first-order chi connectivity index (χ1) is 8.77. The first-order valence-electron chi connectivity index (χ1n) is 5.25. The summed E-state index contributed by atoms with van der Waals surface area (Å²) >= 11 is 5.94. The van der Waals surface area contributed by atoms with Crippen LogP contribution in [-0.4, -0.2) is 17.1 Å². The molecule has 0 fully saturated rings. The summed E-state index contributed by atoms with van der Waals surface area (Å²) in [5, 5.41) is 4.42. The third-order valence-corrected chi connectivity index (χ3v) is 2.54. The number of hydrazone groups is 1. The molecule has 0 bridgehead atoms. The molecule has 4 nitrogen and oxygen atoms in total. The van der Waals surface area contributed by atoms with Crippen LogP contribution in [0.25, 0.3) is 0 Å². The van der Waals surface area contributed by atoms with E-state index in [0.717, 1.165) is 5.56 Å². The van der Waals surface area contributed by atoms with E-state index in [1.807, 2.05) is 18.2 Å². The summed E-state index contributed by atoms with van der Waals surface area (Å²) in [5.41, 5.74) is 3.60. The Morgan fingerprint density at radius 3 is 2.83 bits per heavy atom. The number of halogens is 1. The molecule has 90 valence electrons. The van der Waals surface area contributed by atoms with Gasteiger partial charge in [-0.2, -0.15) is 5.10 Å². The Morgan fingerprint density at radius 2 is 2.11 bits per heavy atom. The van der Waals surface area contributed by atoms with Crippen LogP contribution in [0.3, 0.4) is 0 Å². The number of nitrogens with zero attached hydrogens (tertiary/aromatic N) is 2. The summed E-state index contributed by atoms with van der Waals surface area (Å²) in [6.07, 6.45) is 4.57. The molecule has 0 aliphatic rings. The van der Waals surface area contributed by atoms with Gasteiger partial charge >= 0.3 is 0 Å². The van der Waals surface area contributed by atoms with Crippen molar-refractivity contribution < 1.29 is 4.79 Å². The normalized spacial score (nSPS) is 10.5. The number of amides is 1. The van der Waals surface area contributed by atoms with Crippen molar-refractivity contribution in [3.05, 3.63) is 64.9 Å². The number of benzene rings is 1. The molecule has 1 amide bonds. The second kappa shape index (κ2) is 5.93. The van der Waals surface area contributed by atoms with E-state index in [1.54, 1.807) is 24.4 Å². The van der Waals surface area contributed by atoms with E-state index in [4.69, 9.17) is 11.6 Å². The highest BCUT2D eigenvalue weighted by atomic mass is 35.5. The first kappa shape index (κ1) is 12.3. The van der Waals surface area contributed by atoms with Gasteiger partial charge in [-0.3, -0.25) is 9.78 Å². The van der Waals surface area contributed by atoms with Crippen LogP contribution >= 0.6 is 11.6 Å². The maximum atomic E-state index is 11.6. The molecule has 0 aliphatic heterocycles. The summed E-state index contributed by atoms with van der Waals surface area (Å²) in [6, 6.07) is 10.6. The predicted molar refractivity (Wildman–Crippen MR) is 70.7 cm³/mol. The lowest BCUT2D eigenvalue weighted by atomic mass is 10.2. The van der Waals surface area contributed by atoms with Crippen molar-refractivity contribution in [2.75, 3.05) is 0 Å². The monoisotopic (exact) mass is 259 g/mol. The van der Waals surface area contributed by atoms with Crippen LogP contribution in [0, 0.1) is 0 Å². The molecule has 0 saturated heterocycles. The largest absolute Gasteiger partial charge is 0.272 e. The van der Waals surface area contributed by atoms with Crippen LogP contribution in [0.2, 0.25) is 5.02 Å². The lowest BCUT2D eigenvalue weighted by molar-refractivity contribution is 0.0955. The highest BCUT2D eigenvalue weighted by molar-refractivity contribution is 6.33. The fraction of sp³-hybridized carbons (Fsp3) is 0. The highest BCUT2D eigenvalue weighted by Gasteiger charge is 2.02. The Bertz CT molecular complexity index is 569. The van der Waals surface area contributed by atoms with Gasteiger partial charge in [-0.25, -0.2) is 5.43 Å². The molecule has 0 saturated carbocycles. The van der Waals surface area contributed by atoms with Crippen LogP contribution in [0.1, 0.15) is 15.9 Å². The highest BCUT2D eigenvalue weighted by Crippen LogP contribution is 2.12. The minimum atomic E-state index is -0.314. The molecule has 0 radical (unpaired) electrons. The quantitative estimate of drug-likeness (QED) is 0.680. The molecule has 1 heterocycles. The number of rotatable bonds is 3. The maximum absolute atomic E-state index is 11.6. The SMILES string of the molecule is O=C(N/N=C/c1ccccc1Cl)c1cccnc1. The van der Waals surface area contributed by atoms with Gasteiger partial charge in [0.2, 0.25) is 0 Å². The van der Waals surface area contributed by atoms with E-state index in [1.165, 1.54) is 12.4 Å². The predicted octanol–water partition coefficient (Wildman–Crippen LogP) is 2.50. The van der Waals surface area contributed by atoms with Crippen molar-refractivity contribution in [1.29, 1.82) is 0 Å². The molecule has 0 atom stereocenters. The zero-order valence-electron chi connectivity index (χ0n) is 9.38. The van der Waals surface area contributed by atoms with Crippen molar-refractivity contribution in [3.63, 3.8) is 0 Å². The number of hydrogen-bond acceptors (Lipinski definition) is 3. The number of carbonyl (C=O) groups is 1. The summed E-state index contributed by atoms with van der Waals surface area (Å²) in [5.74, 6) is -0.314. The minimum Gasteiger partial charge on any atom is -0.267 e. The molecule has 5 heteroatoms. The van der Waals surface area contributed by atoms with E-state index in [0.29, 0.717) is 10.6 Å². The summed E-state index contributed by atoms with van der Waals surface area (Å²) in [7, 11) is 0. The molecule has 2 rings (SSSR count). The minimum absolute atomic E-state index is 0.314. The number of pyridine rings is 1. The van der Waals surface area contributed by atoms with Crippen LogP contribution in [0.15, 0.2) is 53.9 Å². The molecule has 1 aromatic carbocycles. The number of nitrogens with one attached hydrogen (secondary N) is 1.